The van der Waals surface area contributed by atoms with Crippen molar-refractivity contribution in [3.63, 3.8) is 0 Å². The maximum absolute atomic E-state index is 14.8. The number of phenols is 1. The maximum atomic E-state index is 14.8. The van der Waals surface area contributed by atoms with Gasteiger partial charge in [0.25, 0.3) is 5.91 Å². The van der Waals surface area contributed by atoms with E-state index >= 15 is 0 Å². The molecular formula is C35H34FN5O5. The molecule has 1 saturated heterocycles. The first kappa shape index (κ1) is 32.0. The van der Waals surface area contributed by atoms with Crippen molar-refractivity contribution in [1.82, 2.24) is 15.8 Å². The van der Waals surface area contributed by atoms with Gasteiger partial charge in [0.15, 0.2) is 11.5 Å². The van der Waals surface area contributed by atoms with Crippen LogP contribution in [0, 0.1) is 17.1 Å². The van der Waals surface area contributed by atoms with Gasteiger partial charge in [0, 0.05) is 43.4 Å². The third-order valence-electron chi connectivity index (χ3n) is 7.95. The second-order valence-corrected chi connectivity index (χ2v) is 10.8. The molecule has 1 amide bonds. The Hall–Kier alpha value is -5.44. The van der Waals surface area contributed by atoms with E-state index in [0.29, 0.717) is 52.3 Å². The van der Waals surface area contributed by atoms with Crippen molar-refractivity contribution in [2.24, 2.45) is 0 Å². The molecule has 0 saturated carbocycles. The number of nitriles is 1. The molecule has 5 rings (SSSR count). The van der Waals surface area contributed by atoms with E-state index in [1.54, 1.807) is 42.9 Å². The molecule has 0 aliphatic carbocycles. The van der Waals surface area contributed by atoms with E-state index in [1.165, 1.54) is 25.3 Å². The highest BCUT2D eigenvalue weighted by Crippen LogP contribution is 2.43. The number of hydrogen-bond donors (Lipinski definition) is 4. The molecule has 2 heterocycles. The SMILES string of the molecule is COc1ccc(-c2c(OC)cc(N3CCC(NCc4ccc(/C=C/C(=O)NO)cc4)CC3)nc2-c2ccc(C#N)c(F)c2)cc1O. The second-order valence-electron chi connectivity index (χ2n) is 10.8. The number of carbonyl (C=O) groups excluding carboxylic acids is 1. The van der Waals surface area contributed by atoms with Crippen LogP contribution in [0.4, 0.5) is 10.2 Å². The molecular weight excluding hydrogens is 589 g/mol. The van der Waals surface area contributed by atoms with Crippen molar-refractivity contribution >= 4 is 17.8 Å². The second kappa shape index (κ2) is 14.6. The van der Waals surface area contributed by atoms with Crippen LogP contribution in [0.5, 0.6) is 17.2 Å². The van der Waals surface area contributed by atoms with Crippen LogP contribution in [0.3, 0.4) is 0 Å². The predicted octanol–water partition coefficient (Wildman–Crippen LogP) is 5.43. The van der Waals surface area contributed by atoms with E-state index in [9.17, 15) is 19.6 Å². The third kappa shape index (κ3) is 7.26. The third-order valence-corrected chi connectivity index (χ3v) is 7.95. The van der Waals surface area contributed by atoms with E-state index in [2.05, 4.69) is 10.2 Å². The number of rotatable bonds is 10. The van der Waals surface area contributed by atoms with E-state index in [4.69, 9.17) is 19.7 Å². The van der Waals surface area contributed by atoms with Crippen molar-refractivity contribution in [2.45, 2.75) is 25.4 Å². The number of aromatic nitrogens is 1. The number of ether oxygens (including phenoxy) is 2. The van der Waals surface area contributed by atoms with Gasteiger partial charge < -0.3 is 24.8 Å². The van der Waals surface area contributed by atoms with Crippen LogP contribution in [-0.4, -0.2) is 54.6 Å². The monoisotopic (exact) mass is 623 g/mol. The Bertz CT molecular complexity index is 1780. The van der Waals surface area contributed by atoms with Crippen LogP contribution in [0.2, 0.25) is 0 Å². The quantitative estimate of drug-likeness (QED) is 0.103. The Labute approximate surface area is 266 Å². The Balaban J connectivity index is 1.35. The normalized spacial score (nSPS) is 13.4. The number of nitrogens with zero attached hydrogens (tertiary/aromatic N) is 3. The summed E-state index contributed by atoms with van der Waals surface area (Å²) in [5.74, 6) is 0.200. The average Bonchev–Trinajstić information content (AvgIpc) is 3.09. The van der Waals surface area contributed by atoms with Crippen molar-refractivity contribution in [1.29, 1.82) is 5.26 Å². The lowest BCUT2D eigenvalue weighted by molar-refractivity contribution is -0.124. The summed E-state index contributed by atoms with van der Waals surface area (Å²) in [6.45, 7) is 2.15. The lowest BCUT2D eigenvalue weighted by Gasteiger charge is -2.34. The van der Waals surface area contributed by atoms with Gasteiger partial charge in [-0.05, 0) is 59.9 Å². The molecule has 46 heavy (non-hydrogen) atoms. The molecule has 236 valence electrons. The molecule has 11 heteroatoms. The molecule has 0 atom stereocenters. The van der Waals surface area contributed by atoms with Gasteiger partial charge in [-0.25, -0.2) is 14.9 Å². The summed E-state index contributed by atoms with van der Waals surface area (Å²) in [6, 6.07) is 21.2. The van der Waals surface area contributed by atoms with Crippen LogP contribution >= 0.6 is 0 Å². The van der Waals surface area contributed by atoms with Crippen LogP contribution in [0.25, 0.3) is 28.5 Å². The summed E-state index contributed by atoms with van der Waals surface area (Å²) in [5.41, 5.74) is 5.57. The van der Waals surface area contributed by atoms with Crippen molar-refractivity contribution in [2.75, 3.05) is 32.2 Å². The lowest BCUT2D eigenvalue weighted by Crippen LogP contribution is -2.42. The van der Waals surface area contributed by atoms with E-state index in [0.717, 1.165) is 37.1 Å². The summed E-state index contributed by atoms with van der Waals surface area (Å²) < 4.78 is 25.9. The molecule has 10 nitrogen and oxygen atoms in total. The highest BCUT2D eigenvalue weighted by Gasteiger charge is 2.25. The molecule has 1 fully saturated rings. The van der Waals surface area contributed by atoms with Crippen molar-refractivity contribution < 1.29 is 29.0 Å². The minimum absolute atomic E-state index is 0.0578. The molecule has 4 aromatic rings. The number of benzene rings is 3. The summed E-state index contributed by atoms with van der Waals surface area (Å²) in [6.07, 6.45) is 4.62. The van der Waals surface area contributed by atoms with Gasteiger partial charge in [0.1, 0.15) is 23.5 Å². The topological polar surface area (TPSA) is 140 Å². The van der Waals surface area contributed by atoms with E-state index in [-0.39, 0.29) is 11.3 Å². The smallest absolute Gasteiger partial charge is 0.267 e. The number of aromatic hydroxyl groups is 1. The average molecular weight is 624 g/mol. The largest absolute Gasteiger partial charge is 0.504 e. The van der Waals surface area contributed by atoms with Gasteiger partial charge in [-0.2, -0.15) is 5.26 Å². The zero-order valence-corrected chi connectivity index (χ0v) is 25.5. The summed E-state index contributed by atoms with van der Waals surface area (Å²) in [4.78, 5) is 18.4. The van der Waals surface area contributed by atoms with Gasteiger partial charge in [-0.15, -0.1) is 0 Å². The fraction of sp³-hybridized carbons (Fsp3) is 0.229. The van der Waals surface area contributed by atoms with Crippen LogP contribution in [0.1, 0.15) is 29.5 Å². The van der Waals surface area contributed by atoms with Crippen molar-refractivity contribution in [3.05, 3.63) is 95.3 Å². The Morgan fingerprint density at radius 1 is 1.04 bits per heavy atom. The standard InChI is InChI=1S/C35H34FN5O5/c1-45-30-11-10-24(18-29(30)42)34-31(46-2)19-32(39-35(34)25-8-9-26(20-37)28(36)17-25)41-15-13-27(14-16-41)38-21-23-5-3-22(4-6-23)7-12-33(43)40-44/h3-12,17-19,27,38,42,44H,13-16,21H2,1-2H3,(H,40,43)/b12-7+. The number of anilines is 1. The lowest BCUT2D eigenvalue weighted by atomic mass is 9.96. The molecule has 4 N–H and O–H groups in total. The van der Waals surface area contributed by atoms with Gasteiger partial charge in [0.2, 0.25) is 0 Å². The van der Waals surface area contributed by atoms with Gasteiger partial charge in [0.05, 0.1) is 31.0 Å². The highest BCUT2D eigenvalue weighted by molar-refractivity contribution is 5.91. The van der Waals surface area contributed by atoms with E-state index < -0.39 is 11.7 Å². The van der Waals surface area contributed by atoms with Crippen LogP contribution in [0.15, 0.2) is 72.8 Å². The number of pyridine rings is 1. The minimum Gasteiger partial charge on any atom is -0.504 e. The van der Waals surface area contributed by atoms with Crippen LogP contribution in [-0.2, 0) is 11.3 Å². The number of hydroxylamine groups is 1. The van der Waals surface area contributed by atoms with Crippen LogP contribution < -0.4 is 25.2 Å². The molecule has 0 spiro atoms. The van der Waals surface area contributed by atoms with Gasteiger partial charge >= 0.3 is 0 Å². The number of carbonyl (C=O) groups is 1. The molecule has 0 radical (unpaired) electrons. The zero-order chi connectivity index (χ0) is 32.6. The number of methoxy groups -OCH3 is 2. The number of piperidine rings is 1. The molecule has 3 aromatic carbocycles. The fourth-order valence-corrected chi connectivity index (χ4v) is 5.45. The molecule has 0 bridgehead atoms. The predicted molar refractivity (Wildman–Crippen MR) is 172 cm³/mol. The number of hydrogen-bond acceptors (Lipinski definition) is 9. The number of phenolic OH excluding ortho intramolecular Hbond substituents is 1. The van der Waals surface area contributed by atoms with Gasteiger partial charge in [-0.3, -0.25) is 10.0 Å². The minimum atomic E-state index is -0.651. The molecule has 1 aromatic heterocycles. The Morgan fingerprint density at radius 3 is 2.39 bits per heavy atom. The first-order chi connectivity index (χ1) is 22.3. The molecule has 1 aliphatic heterocycles. The van der Waals surface area contributed by atoms with E-state index in [1.807, 2.05) is 36.4 Å². The zero-order valence-electron chi connectivity index (χ0n) is 25.5. The summed E-state index contributed by atoms with van der Waals surface area (Å²) >= 11 is 0. The number of halogens is 1. The number of amides is 1. The summed E-state index contributed by atoms with van der Waals surface area (Å²) in [7, 11) is 3.02. The Kier molecular flexibility index (Phi) is 10.1. The summed E-state index contributed by atoms with van der Waals surface area (Å²) in [5, 5.41) is 32.0. The maximum Gasteiger partial charge on any atom is 0.267 e. The Morgan fingerprint density at radius 2 is 1.76 bits per heavy atom. The van der Waals surface area contributed by atoms with Gasteiger partial charge in [-0.1, -0.05) is 36.4 Å². The first-order valence-electron chi connectivity index (χ1n) is 14.7. The molecule has 0 unspecified atom stereocenters. The first-order valence-corrected chi connectivity index (χ1v) is 14.7. The number of nitrogens with one attached hydrogen (secondary N) is 2. The molecule has 1 aliphatic rings. The van der Waals surface area contributed by atoms with Crippen molar-refractivity contribution in [3.8, 4) is 45.7 Å². The highest BCUT2D eigenvalue weighted by atomic mass is 19.1. The fourth-order valence-electron chi connectivity index (χ4n) is 5.45.